The molecule has 1 unspecified atom stereocenters. The Kier molecular flexibility index (Phi) is 5.85. The second-order valence-corrected chi connectivity index (χ2v) is 7.78. The van der Waals surface area contributed by atoms with Crippen LogP contribution >= 0.6 is 11.8 Å². The molecule has 0 spiro atoms. The molecule has 7 nitrogen and oxygen atoms in total. The lowest BCUT2D eigenvalue weighted by Crippen LogP contribution is -2.36. The monoisotopic (exact) mass is 422 g/mol. The van der Waals surface area contributed by atoms with Gasteiger partial charge in [0, 0.05) is 18.2 Å². The summed E-state index contributed by atoms with van der Waals surface area (Å²) in [6.07, 6.45) is 0.235. The number of carbonyl (C=O) groups is 1. The number of anilines is 1. The van der Waals surface area contributed by atoms with Crippen molar-refractivity contribution in [2.45, 2.75) is 31.7 Å². The molecule has 0 radical (unpaired) electrons. The highest BCUT2D eigenvalue weighted by Crippen LogP contribution is 2.44. The number of carbonyl (C=O) groups excluding carboxylic acids is 1. The van der Waals surface area contributed by atoms with Crippen molar-refractivity contribution in [1.29, 1.82) is 0 Å². The summed E-state index contributed by atoms with van der Waals surface area (Å²) in [6, 6.07) is 15.0. The highest BCUT2D eigenvalue weighted by molar-refractivity contribution is 7.99. The van der Waals surface area contributed by atoms with Gasteiger partial charge in [0.05, 0.1) is 18.4 Å². The highest BCUT2D eigenvalue weighted by atomic mass is 32.2. The number of fused-ring (bicyclic) bond motifs is 3. The summed E-state index contributed by atoms with van der Waals surface area (Å²) in [6.45, 7) is 3.61. The Morgan fingerprint density at radius 2 is 1.93 bits per heavy atom. The van der Waals surface area contributed by atoms with E-state index in [4.69, 9.17) is 9.47 Å². The van der Waals surface area contributed by atoms with E-state index in [9.17, 15) is 4.79 Å². The number of ether oxygens (including phenoxy) is 2. The number of benzene rings is 2. The predicted molar refractivity (Wildman–Crippen MR) is 116 cm³/mol. The summed E-state index contributed by atoms with van der Waals surface area (Å²) in [4.78, 5) is 19.0. The Morgan fingerprint density at radius 3 is 2.70 bits per heavy atom. The molecule has 30 heavy (non-hydrogen) atoms. The molecule has 4 rings (SSSR count). The Balaban J connectivity index is 1.93. The minimum Gasteiger partial charge on any atom is -0.496 e. The third-order valence-corrected chi connectivity index (χ3v) is 5.73. The van der Waals surface area contributed by atoms with E-state index in [0.29, 0.717) is 28.2 Å². The first-order chi connectivity index (χ1) is 14.6. The SMILES string of the molecule is CCCSc1nnc2c(n1)OC(c1ccccc1OC)N(C(C)=O)c1ccccc1-2. The maximum atomic E-state index is 12.8. The van der Waals surface area contributed by atoms with E-state index in [1.807, 2.05) is 48.5 Å². The fourth-order valence-corrected chi connectivity index (χ4v) is 4.01. The number of hydrogen-bond acceptors (Lipinski definition) is 7. The van der Waals surface area contributed by atoms with Crippen molar-refractivity contribution in [3.63, 3.8) is 0 Å². The minimum absolute atomic E-state index is 0.167. The van der Waals surface area contributed by atoms with Gasteiger partial charge in [-0.2, -0.15) is 4.98 Å². The van der Waals surface area contributed by atoms with Crippen LogP contribution in [0.2, 0.25) is 0 Å². The summed E-state index contributed by atoms with van der Waals surface area (Å²) in [5.41, 5.74) is 2.66. The number of aromatic nitrogens is 3. The summed E-state index contributed by atoms with van der Waals surface area (Å²) in [5, 5.41) is 9.22. The van der Waals surface area contributed by atoms with Crippen LogP contribution in [0.4, 0.5) is 5.69 Å². The summed E-state index contributed by atoms with van der Waals surface area (Å²) >= 11 is 1.52. The zero-order chi connectivity index (χ0) is 21.1. The molecule has 0 saturated heterocycles. The standard InChI is InChI=1S/C22H22N4O3S/c1-4-13-30-22-23-20-19(24-25-22)15-9-5-7-11-17(15)26(14(2)27)21(29-20)16-10-6-8-12-18(16)28-3/h5-12,21H,4,13H2,1-3H3. The van der Waals surface area contributed by atoms with Gasteiger partial charge in [0.25, 0.3) is 0 Å². The van der Waals surface area contributed by atoms with E-state index in [1.165, 1.54) is 18.7 Å². The Bertz CT molecular complexity index is 1080. The normalized spacial score (nSPS) is 14.9. The first-order valence-electron chi connectivity index (χ1n) is 9.70. The number of hydrogen-bond donors (Lipinski definition) is 0. The van der Waals surface area contributed by atoms with Crippen LogP contribution in [-0.2, 0) is 4.79 Å². The molecule has 1 aliphatic heterocycles. The molecule has 0 fully saturated rings. The van der Waals surface area contributed by atoms with Crippen molar-refractivity contribution < 1.29 is 14.3 Å². The van der Waals surface area contributed by atoms with Crippen molar-refractivity contribution in [2.75, 3.05) is 17.8 Å². The number of amides is 1. The highest BCUT2D eigenvalue weighted by Gasteiger charge is 2.35. The van der Waals surface area contributed by atoms with E-state index in [0.717, 1.165) is 23.3 Å². The smallest absolute Gasteiger partial charge is 0.247 e. The van der Waals surface area contributed by atoms with Crippen LogP contribution in [-0.4, -0.2) is 34.0 Å². The third-order valence-electron chi connectivity index (χ3n) is 4.69. The van der Waals surface area contributed by atoms with Gasteiger partial charge in [-0.1, -0.05) is 49.0 Å². The molecule has 0 bridgehead atoms. The van der Waals surface area contributed by atoms with Gasteiger partial charge in [-0.25, -0.2) is 0 Å². The third kappa shape index (κ3) is 3.70. The maximum Gasteiger partial charge on any atom is 0.247 e. The zero-order valence-electron chi connectivity index (χ0n) is 17.0. The molecule has 2 aromatic carbocycles. The van der Waals surface area contributed by atoms with E-state index in [2.05, 4.69) is 22.1 Å². The molecule has 8 heteroatoms. The van der Waals surface area contributed by atoms with E-state index < -0.39 is 6.23 Å². The Labute approximate surface area is 179 Å². The fourth-order valence-electron chi connectivity index (χ4n) is 3.38. The van der Waals surface area contributed by atoms with Gasteiger partial charge in [-0.05, 0) is 24.6 Å². The molecule has 0 aliphatic carbocycles. The van der Waals surface area contributed by atoms with Crippen LogP contribution in [0, 0.1) is 0 Å². The molecule has 2 heterocycles. The average molecular weight is 423 g/mol. The van der Waals surface area contributed by atoms with Gasteiger partial charge in [0.1, 0.15) is 5.75 Å². The lowest BCUT2D eigenvalue weighted by Gasteiger charge is -2.30. The average Bonchev–Trinajstić information content (AvgIpc) is 2.91. The van der Waals surface area contributed by atoms with Crippen molar-refractivity contribution >= 4 is 23.4 Å². The summed E-state index contributed by atoms with van der Waals surface area (Å²) in [7, 11) is 1.60. The van der Waals surface area contributed by atoms with Crippen LogP contribution < -0.4 is 14.4 Å². The number of nitrogens with zero attached hydrogens (tertiary/aromatic N) is 4. The van der Waals surface area contributed by atoms with Crippen LogP contribution in [0.25, 0.3) is 11.3 Å². The molecule has 1 aliphatic rings. The number of para-hydroxylation sites is 2. The molecule has 3 aromatic rings. The van der Waals surface area contributed by atoms with E-state index >= 15 is 0 Å². The van der Waals surface area contributed by atoms with Crippen LogP contribution in [0.5, 0.6) is 11.6 Å². The van der Waals surface area contributed by atoms with Gasteiger partial charge in [-0.3, -0.25) is 9.69 Å². The van der Waals surface area contributed by atoms with Crippen molar-refractivity contribution in [1.82, 2.24) is 15.2 Å². The molecule has 1 amide bonds. The van der Waals surface area contributed by atoms with Gasteiger partial charge < -0.3 is 9.47 Å². The minimum atomic E-state index is -0.762. The number of rotatable bonds is 5. The molecular formula is C22H22N4O3S. The molecule has 0 N–H and O–H groups in total. The molecule has 0 saturated carbocycles. The topological polar surface area (TPSA) is 77.4 Å². The molecule has 1 atom stereocenters. The second-order valence-electron chi connectivity index (χ2n) is 6.71. The quantitative estimate of drug-likeness (QED) is 0.561. The lowest BCUT2D eigenvalue weighted by molar-refractivity contribution is -0.118. The largest absolute Gasteiger partial charge is 0.496 e. The fraction of sp³-hybridized carbons (Fsp3) is 0.273. The van der Waals surface area contributed by atoms with E-state index in [-0.39, 0.29) is 5.91 Å². The van der Waals surface area contributed by atoms with E-state index in [1.54, 1.807) is 12.0 Å². The van der Waals surface area contributed by atoms with Crippen molar-refractivity contribution in [3.05, 3.63) is 54.1 Å². The van der Waals surface area contributed by atoms with Gasteiger partial charge in [0.2, 0.25) is 23.2 Å². The van der Waals surface area contributed by atoms with Crippen molar-refractivity contribution in [2.24, 2.45) is 0 Å². The van der Waals surface area contributed by atoms with Gasteiger partial charge >= 0.3 is 0 Å². The predicted octanol–water partition coefficient (Wildman–Crippen LogP) is 4.49. The maximum absolute atomic E-state index is 12.8. The van der Waals surface area contributed by atoms with Crippen molar-refractivity contribution in [3.8, 4) is 22.9 Å². The molecular weight excluding hydrogens is 400 g/mol. The van der Waals surface area contributed by atoms with Crippen LogP contribution in [0.3, 0.4) is 0 Å². The Morgan fingerprint density at radius 1 is 1.17 bits per heavy atom. The first-order valence-corrected chi connectivity index (χ1v) is 10.7. The molecule has 1 aromatic heterocycles. The van der Waals surface area contributed by atoms with Gasteiger partial charge in [0.15, 0.2) is 5.69 Å². The summed E-state index contributed by atoms with van der Waals surface area (Å²) in [5.74, 6) is 1.68. The van der Waals surface area contributed by atoms with Crippen LogP contribution in [0.1, 0.15) is 32.1 Å². The Hall–Kier alpha value is -3.13. The van der Waals surface area contributed by atoms with Crippen LogP contribution in [0.15, 0.2) is 53.7 Å². The summed E-state index contributed by atoms with van der Waals surface area (Å²) < 4.78 is 11.9. The molecule has 154 valence electrons. The van der Waals surface area contributed by atoms with Gasteiger partial charge in [-0.15, -0.1) is 10.2 Å². The lowest BCUT2D eigenvalue weighted by atomic mass is 10.1. The number of thioether (sulfide) groups is 1. The number of methoxy groups -OCH3 is 1. The first kappa shape index (κ1) is 20.2. The second kappa shape index (κ2) is 8.71. The zero-order valence-corrected chi connectivity index (χ0v) is 17.8.